The zero-order chi connectivity index (χ0) is 17.2. The van der Waals surface area contributed by atoms with Crippen LogP contribution in [0.2, 0.25) is 0 Å². The number of Topliss-reactive ketones (excluding diaryl/α,β-unsaturated/α-hetero) is 1. The van der Waals surface area contributed by atoms with Crippen molar-refractivity contribution in [3.8, 4) is 22.5 Å². The van der Waals surface area contributed by atoms with Crippen LogP contribution in [0.25, 0.3) is 22.5 Å². The highest BCUT2D eigenvalue weighted by Crippen LogP contribution is 2.36. The molecule has 1 N–H and O–H groups in total. The van der Waals surface area contributed by atoms with Crippen molar-refractivity contribution in [2.45, 2.75) is 25.8 Å². The number of aromatic nitrogens is 2. The quantitative estimate of drug-likeness (QED) is 0.582. The van der Waals surface area contributed by atoms with E-state index in [9.17, 15) is 4.79 Å². The number of imidazole rings is 1. The van der Waals surface area contributed by atoms with Gasteiger partial charge in [-0.05, 0) is 32.4 Å². The van der Waals surface area contributed by atoms with Crippen molar-refractivity contribution in [1.29, 1.82) is 0 Å². The number of ketones is 1. The molecule has 4 nitrogen and oxygen atoms in total. The van der Waals surface area contributed by atoms with Gasteiger partial charge in [0.1, 0.15) is 0 Å². The molecule has 4 rings (SSSR count). The lowest BCUT2D eigenvalue weighted by Crippen LogP contribution is -2.31. The first-order valence-corrected chi connectivity index (χ1v) is 9.55. The lowest BCUT2D eigenvalue weighted by atomic mass is 10.0. The zero-order valence-electron chi connectivity index (χ0n) is 15.1. The second kappa shape index (κ2) is 9.51. The molecule has 1 saturated heterocycles. The molecule has 1 aliphatic rings. The molecular weight excluding hydrogens is 401 g/mol. The number of halogens is 2. The van der Waals surface area contributed by atoms with E-state index in [4.69, 9.17) is 4.98 Å². The maximum Gasteiger partial charge on any atom is 0.169 e. The number of carbonyl (C=O) groups is 1. The van der Waals surface area contributed by atoms with Gasteiger partial charge >= 0.3 is 0 Å². The molecule has 0 radical (unpaired) electrons. The third-order valence-corrected chi connectivity index (χ3v) is 5.76. The molecule has 27 heavy (non-hydrogen) atoms. The van der Waals surface area contributed by atoms with Crippen LogP contribution in [0.1, 0.15) is 35.5 Å². The van der Waals surface area contributed by atoms with Crippen molar-refractivity contribution in [2.24, 2.45) is 0 Å². The van der Waals surface area contributed by atoms with Gasteiger partial charge in [0.05, 0.1) is 22.6 Å². The fourth-order valence-corrected chi connectivity index (χ4v) is 4.24. The van der Waals surface area contributed by atoms with Crippen molar-refractivity contribution < 1.29 is 4.79 Å². The standard InChI is InChI=1S/C20H21N3OS.2ClH/c1-14(24)18-10-16(12-25-18)20-19(15-6-3-2-4-7-15)22-13-23(20)17-8-5-9-21-11-17;;/h2-4,6-7,10,12-13,17,21H,5,8-9,11H2,1H3;2*1H. The number of piperidine rings is 1. The van der Waals surface area contributed by atoms with Crippen molar-refractivity contribution in [3.05, 3.63) is 53.0 Å². The van der Waals surface area contributed by atoms with Gasteiger partial charge in [-0.3, -0.25) is 4.79 Å². The fourth-order valence-electron chi connectivity index (χ4n) is 3.45. The summed E-state index contributed by atoms with van der Waals surface area (Å²) in [6.45, 7) is 3.66. The van der Waals surface area contributed by atoms with Crippen molar-refractivity contribution in [1.82, 2.24) is 14.9 Å². The van der Waals surface area contributed by atoms with E-state index < -0.39 is 0 Å². The number of nitrogens with zero attached hydrogens (tertiary/aromatic N) is 2. The van der Waals surface area contributed by atoms with E-state index in [1.807, 2.05) is 30.6 Å². The van der Waals surface area contributed by atoms with E-state index in [0.717, 1.165) is 46.9 Å². The van der Waals surface area contributed by atoms with Crippen molar-refractivity contribution in [3.63, 3.8) is 0 Å². The Labute approximate surface area is 175 Å². The second-order valence-corrected chi connectivity index (χ2v) is 7.38. The highest BCUT2D eigenvalue weighted by Gasteiger charge is 2.23. The minimum Gasteiger partial charge on any atom is -0.326 e. The van der Waals surface area contributed by atoms with Gasteiger partial charge in [0.2, 0.25) is 0 Å². The van der Waals surface area contributed by atoms with Crippen LogP contribution in [0.15, 0.2) is 48.1 Å². The highest BCUT2D eigenvalue weighted by molar-refractivity contribution is 7.12. The highest BCUT2D eigenvalue weighted by atomic mass is 35.5. The first-order valence-electron chi connectivity index (χ1n) is 8.67. The Bertz CT molecular complexity index is 886. The first-order chi connectivity index (χ1) is 12.2. The molecule has 0 saturated carbocycles. The van der Waals surface area contributed by atoms with Crippen LogP contribution in [-0.2, 0) is 0 Å². The van der Waals surface area contributed by atoms with E-state index in [-0.39, 0.29) is 30.6 Å². The van der Waals surface area contributed by atoms with Gasteiger partial charge in [0, 0.05) is 29.1 Å². The van der Waals surface area contributed by atoms with Crippen LogP contribution in [0.4, 0.5) is 0 Å². The summed E-state index contributed by atoms with van der Waals surface area (Å²) >= 11 is 1.51. The Balaban J connectivity index is 0.00000131. The largest absolute Gasteiger partial charge is 0.326 e. The molecule has 2 aromatic heterocycles. The number of hydrogen-bond acceptors (Lipinski definition) is 4. The first kappa shape index (κ1) is 21.6. The summed E-state index contributed by atoms with van der Waals surface area (Å²) in [5, 5.41) is 5.56. The van der Waals surface area contributed by atoms with Gasteiger partial charge in [-0.2, -0.15) is 0 Å². The summed E-state index contributed by atoms with van der Waals surface area (Å²) in [4.78, 5) is 17.3. The van der Waals surface area contributed by atoms with Crippen molar-refractivity contribution >= 4 is 41.9 Å². The van der Waals surface area contributed by atoms with Crippen LogP contribution in [0, 0.1) is 0 Å². The molecule has 1 unspecified atom stereocenters. The van der Waals surface area contributed by atoms with E-state index in [1.165, 1.54) is 17.8 Å². The average Bonchev–Trinajstić information content (AvgIpc) is 3.30. The molecule has 1 fully saturated rings. The van der Waals surface area contributed by atoms with E-state index in [0.29, 0.717) is 6.04 Å². The van der Waals surface area contributed by atoms with Gasteiger partial charge in [-0.15, -0.1) is 36.2 Å². The smallest absolute Gasteiger partial charge is 0.169 e. The van der Waals surface area contributed by atoms with Gasteiger partial charge < -0.3 is 9.88 Å². The molecule has 3 heterocycles. The third-order valence-electron chi connectivity index (χ3n) is 4.73. The van der Waals surface area contributed by atoms with Crippen LogP contribution < -0.4 is 5.32 Å². The monoisotopic (exact) mass is 423 g/mol. The lowest BCUT2D eigenvalue weighted by molar-refractivity contribution is 0.102. The lowest BCUT2D eigenvalue weighted by Gasteiger charge is -2.25. The summed E-state index contributed by atoms with van der Waals surface area (Å²) in [5.41, 5.74) is 4.29. The molecule has 144 valence electrons. The molecule has 1 aliphatic heterocycles. The molecule has 0 spiro atoms. The SMILES string of the molecule is CC(=O)c1cc(-c2c(-c3ccccc3)ncn2C2CCCNC2)cs1.Cl.Cl. The number of rotatable bonds is 4. The van der Waals surface area contributed by atoms with E-state index in [2.05, 4.69) is 27.4 Å². The Morgan fingerprint density at radius 3 is 2.63 bits per heavy atom. The van der Waals surface area contributed by atoms with Gasteiger partial charge in [0.15, 0.2) is 5.78 Å². The molecule has 7 heteroatoms. The van der Waals surface area contributed by atoms with Crippen LogP contribution in [0.5, 0.6) is 0 Å². The summed E-state index contributed by atoms with van der Waals surface area (Å²) < 4.78 is 2.29. The predicted molar refractivity (Wildman–Crippen MR) is 117 cm³/mol. The Morgan fingerprint density at radius 2 is 2.00 bits per heavy atom. The van der Waals surface area contributed by atoms with Crippen LogP contribution >= 0.6 is 36.2 Å². The average molecular weight is 424 g/mol. The maximum absolute atomic E-state index is 11.7. The van der Waals surface area contributed by atoms with E-state index >= 15 is 0 Å². The summed E-state index contributed by atoms with van der Waals surface area (Å²) in [7, 11) is 0. The van der Waals surface area contributed by atoms with Crippen LogP contribution in [-0.4, -0.2) is 28.4 Å². The summed E-state index contributed by atoms with van der Waals surface area (Å²) in [6.07, 6.45) is 4.28. The molecule has 0 aliphatic carbocycles. The Hall–Kier alpha value is -1.66. The molecule has 0 bridgehead atoms. The molecule has 1 aromatic carbocycles. The Morgan fingerprint density at radius 1 is 1.22 bits per heavy atom. The third kappa shape index (κ3) is 4.43. The normalized spacial score (nSPS) is 16.3. The summed E-state index contributed by atoms with van der Waals surface area (Å²) in [5.74, 6) is 0.114. The number of carbonyl (C=O) groups excluding carboxylic acids is 1. The van der Waals surface area contributed by atoms with Gasteiger partial charge in [0.25, 0.3) is 0 Å². The maximum atomic E-state index is 11.7. The number of thiophene rings is 1. The molecule has 3 aromatic rings. The summed E-state index contributed by atoms with van der Waals surface area (Å²) in [6, 6.07) is 12.7. The van der Waals surface area contributed by atoms with E-state index in [1.54, 1.807) is 6.92 Å². The van der Waals surface area contributed by atoms with Crippen molar-refractivity contribution in [2.75, 3.05) is 13.1 Å². The Kier molecular flexibility index (Phi) is 7.62. The zero-order valence-corrected chi connectivity index (χ0v) is 17.5. The predicted octanol–water partition coefficient (Wildman–Crippen LogP) is 5.25. The fraction of sp³-hybridized carbons (Fsp3) is 0.300. The molecular formula is C20H23Cl2N3OS. The van der Waals surface area contributed by atoms with Crippen LogP contribution in [0.3, 0.4) is 0 Å². The minimum atomic E-state index is 0. The second-order valence-electron chi connectivity index (χ2n) is 6.47. The minimum absolute atomic E-state index is 0. The topological polar surface area (TPSA) is 46.9 Å². The number of hydrogen-bond donors (Lipinski definition) is 1. The molecule has 0 amide bonds. The molecule has 1 atom stereocenters. The van der Waals surface area contributed by atoms with Gasteiger partial charge in [-0.1, -0.05) is 30.3 Å². The number of benzene rings is 1. The number of nitrogens with one attached hydrogen (secondary N) is 1. The van der Waals surface area contributed by atoms with Gasteiger partial charge in [-0.25, -0.2) is 4.98 Å².